The lowest BCUT2D eigenvalue weighted by Gasteiger charge is -2.04. The number of rotatable bonds is 3. The van der Waals surface area contributed by atoms with E-state index < -0.39 is 25.6 Å². The predicted octanol–water partition coefficient (Wildman–Crippen LogP) is 4.22. The Morgan fingerprint density at radius 1 is 1.17 bits per heavy atom. The molecule has 9 heteroatoms. The third kappa shape index (κ3) is 10.7. The van der Waals surface area contributed by atoms with Gasteiger partial charge in [-0.15, -0.1) is 0 Å². The fourth-order valence-electron chi connectivity index (χ4n) is 0.805. The fraction of sp³-hybridized carbons (Fsp3) is 0.222. The topological polar surface area (TPSA) is 26.3 Å². The number of carbonyl (C=O) groups excluding carboxylic acids is 1. The Bertz CT molecular complexity index is 357. The smallest absolute Gasteiger partial charge is 0.457 e. The summed E-state index contributed by atoms with van der Waals surface area (Å²) in [5.74, 6) is -0.935. The molecule has 18 heavy (non-hydrogen) atoms. The largest absolute Gasteiger partial charge is 0.656 e. The Labute approximate surface area is 118 Å². The summed E-state index contributed by atoms with van der Waals surface area (Å²) in [4.78, 5) is 11.0. The van der Waals surface area contributed by atoms with Gasteiger partial charge in [0.2, 0.25) is 0 Å². The highest BCUT2D eigenvalue weighted by Crippen LogP contribution is 2.10. The molecule has 2 nitrogen and oxygen atoms in total. The van der Waals surface area contributed by atoms with E-state index in [0.29, 0.717) is 0 Å². The van der Waals surface area contributed by atoms with Crippen LogP contribution in [0, 0.1) is 0 Å². The second kappa shape index (κ2) is 8.63. The van der Waals surface area contributed by atoms with Crippen LogP contribution in [0.1, 0.15) is 10.4 Å². The second-order valence-corrected chi connectivity index (χ2v) is 6.30. The Hall–Kier alpha value is -0.433. The van der Waals surface area contributed by atoms with Crippen LogP contribution in [0.25, 0.3) is 0 Å². The van der Waals surface area contributed by atoms with Crippen molar-refractivity contribution in [2.24, 2.45) is 0 Å². The Kier molecular flexibility index (Phi) is 8.42. The van der Waals surface area contributed by atoms with Crippen molar-refractivity contribution >= 4 is 49.8 Å². The molecule has 0 spiro atoms. The number of halogens is 6. The van der Waals surface area contributed by atoms with E-state index in [1.165, 1.54) is 12.1 Å². The van der Waals surface area contributed by atoms with Gasteiger partial charge in [0, 0.05) is 0 Å². The SMILES string of the molecule is ClC(Cl)Cl.O=C(OC[Si](F)(F)F)c1ccccc1. The van der Waals surface area contributed by atoms with E-state index >= 15 is 0 Å². The van der Waals surface area contributed by atoms with Crippen LogP contribution in [-0.4, -0.2) is 25.6 Å². The van der Waals surface area contributed by atoms with Gasteiger partial charge in [-0.3, -0.25) is 0 Å². The van der Waals surface area contributed by atoms with E-state index in [-0.39, 0.29) is 5.56 Å². The van der Waals surface area contributed by atoms with Crippen molar-refractivity contribution < 1.29 is 21.9 Å². The zero-order valence-corrected chi connectivity index (χ0v) is 12.0. The molecule has 0 N–H and O–H groups in total. The van der Waals surface area contributed by atoms with Gasteiger partial charge in [-0.1, -0.05) is 53.0 Å². The average molecular weight is 340 g/mol. The number of hydrogen-bond acceptors (Lipinski definition) is 2. The minimum atomic E-state index is -5.80. The summed E-state index contributed by atoms with van der Waals surface area (Å²) < 4.78 is 38.7. The lowest BCUT2D eigenvalue weighted by atomic mass is 10.2. The summed E-state index contributed by atoms with van der Waals surface area (Å²) in [5.41, 5.74) is 0.130. The first-order chi connectivity index (χ1) is 8.22. The predicted molar refractivity (Wildman–Crippen MR) is 67.1 cm³/mol. The monoisotopic (exact) mass is 338 g/mol. The van der Waals surface area contributed by atoms with Gasteiger partial charge in [-0.25, -0.2) is 17.1 Å². The van der Waals surface area contributed by atoms with Gasteiger partial charge < -0.3 is 4.74 Å². The van der Waals surface area contributed by atoms with Crippen molar-refractivity contribution in [3.8, 4) is 0 Å². The first kappa shape index (κ1) is 17.6. The molecule has 0 saturated heterocycles. The molecule has 1 aromatic carbocycles. The van der Waals surface area contributed by atoms with E-state index in [2.05, 4.69) is 4.74 Å². The molecular formula is C9H8Cl3F3O2Si. The van der Waals surface area contributed by atoms with Crippen molar-refractivity contribution in [1.29, 1.82) is 0 Å². The van der Waals surface area contributed by atoms with Gasteiger partial charge in [-0.2, -0.15) is 0 Å². The van der Waals surface area contributed by atoms with Crippen molar-refractivity contribution in [3.63, 3.8) is 0 Å². The molecule has 0 atom stereocenters. The maximum absolute atomic E-state index is 11.8. The van der Waals surface area contributed by atoms with Crippen LogP contribution < -0.4 is 0 Å². The molecule has 0 radical (unpaired) electrons. The van der Waals surface area contributed by atoms with Crippen LogP contribution in [0.15, 0.2) is 30.3 Å². The molecule has 0 amide bonds. The van der Waals surface area contributed by atoms with Crippen molar-refractivity contribution in [3.05, 3.63) is 35.9 Å². The lowest BCUT2D eigenvalue weighted by molar-refractivity contribution is 0.0537. The zero-order chi connectivity index (χ0) is 14.2. The maximum atomic E-state index is 11.8. The molecule has 0 fully saturated rings. The first-order valence-corrected chi connectivity index (χ1v) is 7.58. The molecule has 0 aliphatic heterocycles. The molecule has 0 saturated carbocycles. The van der Waals surface area contributed by atoms with Crippen molar-refractivity contribution in [2.45, 2.75) is 4.30 Å². The Morgan fingerprint density at radius 3 is 2.00 bits per heavy atom. The molecule has 1 aromatic rings. The molecule has 0 unspecified atom stereocenters. The summed E-state index contributed by atoms with van der Waals surface area (Å²) in [6.45, 7) is 0. The maximum Gasteiger partial charge on any atom is 0.656 e. The number of alkyl halides is 3. The van der Waals surface area contributed by atoms with E-state index in [1.54, 1.807) is 18.2 Å². The lowest BCUT2D eigenvalue weighted by Crippen LogP contribution is -2.26. The van der Waals surface area contributed by atoms with E-state index in [0.717, 1.165) is 0 Å². The van der Waals surface area contributed by atoms with Gasteiger partial charge in [-0.05, 0) is 12.1 Å². The minimum Gasteiger partial charge on any atom is -0.457 e. The minimum absolute atomic E-state index is 0.130. The molecular weight excluding hydrogens is 332 g/mol. The molecule has 0 bridgehead atoms. The summed E-state index contributed by atoms with van der Waals surface area (Å²) in [7, 11) is -5.80. The van der Waals surface area contributed by atoms with Crippen molar-refractivity contribution in [2.75, 3.05) is 6.23 Å². The third-order valence-electron chi connectivity index (χ3n) is 1.38. The summed E-state index contributed by atoms with van der Waals surface area (Å²) >= 11 is 14.4. The van der Waals surface area contributed by atoms with E-state index in [9.17, 15) is 17.1 Å². The Balaban J connectivity index is 0.000000631. The van der Waals surface area contributed by atoms with Crippen molar-refractivity contribution in [1.82, 2.24) is 0 Å². The second-order valence-electron chi connectivity index (χ2n) is 2.80. The Morgan fingerprint density at radius 2 is 1.61 bits per heavy atom. The number of esters is 1. The van der Waals surface area contributed by atoms with Crippen LogP contribution in [-0.2, 0) is 4.74 Å². The normalized spacial score (nSPS) is 10.6. The van der Waals surface area contributed by atoms with Crippen LogP contribution in [0.2, 0.25) is 0 Å². The summed E-state index contributed by atoms with van der Waals surface area (Å²) in [6, 6.07) is 7.58. The van der Waals surface area contributed by atoms with Gasteiger partial charge in [0.1, 0.15) is 0 Å². The molecule has 0 aliphatic carbocycles. The fourth-order valence-corrected chi connectivity index (χ4v) is 1.10. The van der Waals surface area contributed by atoms with Crippen LogP contribution >= 0.6 is 34.8 Å². The third-order valence-corrected chi connectivity index (χ3v) is 1.85. The summed E-state index contributed by atoms with van der Waals surface area (Å²) in [5, 5.41) is 0. The van der Waals surface area contributed by atoms with Gasteiger partial charge >= 0.3 is 15.0 Å². The van der Waals surface area contributed by atoms with Crippen LogP contribution in [0.4, 0.5) is 12.3 Å². The van der Waals surface area contributed by atoms with Gasteiger partial charge in [0.25, 0.3) is 0 Å². The highest BCUT2D eigenvalue weighted by atomic mass is 35.6. The first-order valence-electron chi connectivity index (χ1n) is 4.43. The van der Waals surface area contributed by atoms with E-state index in [4.69, 9.17) is 34.8 Å². The molecule has 0 heterocycles. The zero-order valence-electron chi connectivity index (χ0n) is 8.76. The number of ether oxygens (including phenoxy) is 1. The molecule has 0 aromatic heterocycles. The molecule has 1 rings (SSSR count). The van der Waals surface area contributed by atoms with Gasteiger partial charge in [0.15, 0.2) is 10.5 Å². The summed E-state index contributed by atoms with van der Waals surface area (Å²) in [6.07, 6.45) is -1.42. The highest BCUT2D eigenvalue weighted by Gasteiger charge is 2.39. The number of carbonyl (C=O) groups is 1. The molecule has 0 aliphatic rings. The number of hydrogen-bond donors (Lipinski definition) is 0. The average Bonchev–Trinajstić information content (AvgIpc) is 2.25. The van der Waals surface area contributed by atoms with E-state index in [1.807, 2.05) is 0 Å². The standard InChI is InChI=1S/C8H7F3O2Si.CHCl3/c9-14(10,11)6-13-8(12)7-4-2-1-3-5-7;2-1(3)4/h1-5H,6H2;1H. The highest BCUT2D eigenvalue weighted by molar-refractivity contribution is 6.63. The quantitative estimate of drug-likeness (QED) is 0.357. The number of benzene rings is 1. The van der Waals surface area contributed by atoms with Crippen LogP contribution in [0.3, 0.4) is 0 Å². The van der Waals surface area contributed by atoms with Gasteiger partial charge in [0.05, 0.1) is 5.56 Å². The van der Waals surface area contributed by atoms with Crippen LogP contribution in [0.5, 0.6) is 0 Å². The molecule has 102 valence electrons.